The molecule has 0 aliphatic carbocycles. The molecule has 0 fully saturated rings. The number of hydrogen-bond donors (Lipinski definition) is 1. The fraction of sp³-hybridized carbons (Fsp3) is 0.286. The van der Waals surface area contributed by atoms with Gasteiger partial charge in [-0.1, -0.05) is 12.1 Å². The summed E-state index contributed by atoms with van der Waals surface area (Å²) in [5, 5.41) is 0. The molecule has 1 heterocycles. The standard InChI is InChI=1S/C14H18N2O/c1-16-8-7-12(10-16)14(9-15)11-3-5-13(17-2)6-4-11/h3-8,10,14H,9,15H2,1-2H3. The summed E-state index contributed by atoms with van der Waals surface area (Å²) in [6.45, 7) is 0.607. The lowest BCUT2D eigenvalue weighted by Crippen LogP contribution is -2.13. The lowest BCUT2D eigenvalue weighted by Gasteiger charge is -2.14. The van der Waals surface area contributed by atoms with Gasteiger partial charge in [0.25, 0.3) is 0 Å². The Balaban J connectivity index is 2.28. The lowest BCUT2D eigenvalue weighted by molar-refractivity contribution is 0.414. The van der Waals surface area contributed by atoms with Gasteiger partial charge in [-0.05, 0) is 29.3 Å². The average Bonchev–Trinajstić information content (AvgIpc) is 2.78. The van der Waals surface area contributed by atoms with Gasteiger partial charge < -0.3 is 15.0 Å². The summed E-state index contributed by atoms with van der Waals surface area (Å²) in [7, 11) is 3.69. The average molecular weight is 230 g/mol. The molecule has 0 saturated heterocycles. The van der Waals surface area contributed by atoms with E-state index in [1.54, 1.807) is 7.11 Å². The zero-order valence-electron chi connectivity index (χ0n) is 10.3. The van der Waals surface area contributed by atoms with Crippen LogP contribution in [0.4, 0.5) is 0 Å². The third-order valence-electron chi connectivity index (χ3n) is 3.01. The molecule has 0 aliphatic rings. The molecule has 0 amide bonds. The van der Waals surface area contributed by atoms with Crippen molar-refractivity contribution in [1.82, 2.24) is 4.57 Å². The van der Waals surface area contributed by atoms with Crippen molar-refractivity contribution < 1.29 is 4.74 Å². The maximum Gasteiger partial charge on any atom is 0.118 e. The summed E-state index contributed by atoms with van der Waals surface area (Å²) >= 11 is 0. The molecule has 2 N–H and O–H groups in total. The molecule has 17 heavy (non-hydrogen) atoms. The van der Waals surface area contributed by atoms with E-state index in [2.05, 4.69) is 24.4 Å². The van der Waals surface area contributed by atoms with E-state index in [1.165, 1.54) is 11.1 Å². The van der Waals surface area contributed by atoms with Crippen molar-refractivity contribution in [2.45, 2.75) is 5.92 Å². The smallest absolute Gasteiger partial charge is 0.118 e. The Morgan fingerprint density at radius 2 is 1.88 bits per heavy atom. The van der Waals surface area contributed by atoms with E-state index in [-0.39, 0.29) is 5.92 Å². The van der Waals surface area contributed by atoms with Crippen LogP contribution in [0.15, 0.2) is 42.7 Å². The predicted molar refractivity (Wildman–Crippen MR) is 69.3 cm³/mol. The maximum atomic E-state index is 5.88. The van der Waals surface area contributed by atoms with E-state index >= 15 is 0 Å². The molecule has 3 heteroatoms. The molecule has 1 aromatic heterocycles. The number of nitrogens with zero attached hydrogens (tertiary/aromatic N) is 1. The normalized spacial score (nSPS) is 12.4. The van der Waals surface area contributed by atoms with Gasteiger partial charge in [-0.25, -0.2) is 0 Å². The van der Waals surface area contributed by atoms with Crippen LogP contribution in [0.3, 0.4) is 0 Å². The van der Waals surface area contributed by atoms with Crippen molar-refractivity contribution in [3.05, 3.63) is 53.9 Å². The van der Waals surface area contributed by atoms with Crippen LogP contribution in [0.5, 0.6) is 5.75 Å². The highest BCUT2D eigenvalue weighted by atomic mass is 16.5. The number of methoxy groups -OCH3 is 1. The van der Waals surface area contributed by atoms with Crippen LogP contribution in [-0.4, -0.2) is 18.2 Å². The van der Waals surface area contributed by atoms with Crippen LogP contribution >= 0.6 is 0 Å². The second kappa shape index (κ2) is 5.06. The van der Waals surface area contributed by atoms with Gasteiger partial charge in [0.15, 0.2) is 0 Å². The summed E-state index contributed by atoms with van der Waals surface area (Å²) in [6.07, 6.45) is 4.16. The molecule has 1 unspecified atom stereocenters. The molecule has 0 bridgehead atoms. The number of hydrogen-bond acceptors (Lipinski definition) is 2. The Kier molecular flexibility index (Phi) is 3.49. The molecule has 0 radical (unpaired) electrons. The van der Waals surface area contributed by atoms with Gasteiger partial charge in [0.2, 0.25) is 0 Å². The van der Waals surface area contributed by atoms with Crippen LogP contribution in [-0.2, 0) is 7.05 Å². The molecule has 90 valence electrons. The van der Waals surface area contributed by atoms with Crippen molar-refractivity contribution in [3.8, 4) is 5.75 Å². The van der Waals surface area contributed by atoms with Crippen LogP contribution in [0.2, 0.25) is 0 Å². The summed E-state index contributed by atoms with van der Waals surface area (Å²) in [6, 6.07) is 10.2. The first-order chi connectivity index (χ1) is 8.24. The van der Waals surface area contributed by atoms with Gasteiger partial charge >= 0.3 is 0 Å². The quantitative estimate of drug-likeness (QED) is 0.874. The maximum absolute atomic E-state index is 5.88. The minimum absolute atomic E-state index is 0.252. The Bertz CT molecular complexity index is 473. The summed E-state index contributed by atoms with van der Waals surface area (Å²) in [4.78, 5) is 0. The van der Waals surface area contributed by atoms with Crippen LogP contribution in [0, 0.1) is 0 Å². The minimum atomic E-state index is 0.252. The largest absolute Gasteiger partial charge is 0.497 e. The Hall–Kier alpha value is -1.74. The Morgan fingerprint density at radius 3 is 2.35 bits per heavy atom. The number of nitrogens with two attached hydrogens (primary N) is 1. The molecule has 1 atom stereocenters. The number of ether oxygens (including phenoxy) is 1. The summed E-state index contributed by atoms with van der Waals surface area (Å²) < 4.78 is 7.20. The van der Waals surface area contributed by atoms with E-state index in [9.17, 15) is 0 Å². The molecular weight excluding hydrogens is 212 g/mol. The van der Waals surface area contributed by atoms with Gasteiger partial charge in [0.05, 0.1) is 7.11 Å². The van der Waals surface area contributed by atoms with E-state index in [0.717, 1.165) is 5.75 Å². The topological polar surface area (TPSA) is 40.2 Å². The molecule has 0 spiro atoms. The van der Waals surface area contributed by atoms with E-state index < -0.39 is 0 Å². The van der Waals surface area contributed by atoms with Gasteiger partial charge in [-0.15, -0.1) is 0 Å². The van der Waals surface area contributed by atoms with Gasteiger partial charge in [0, 0.05) is 31.9 Å². The third-order valence-corrected chi connectivity index (χ3v) is 3.01. The summed E-state index contributed by atoms with van der Waals surface area (Å²) in [5.41, 5.74) is 8.35. The molecule has 0 saturated carbocycles. The molecule has 0 aliphatic heterocycles. The zero-order valence-corrected chi connectivity index (χ0v) is 10.3. The van der Waals surface area contributed by atoms with Gasteiger partial charge in [0.1, 0.15) is 5.75 Å². The van der Waals surface area contributed by atoms with E-state index in [0.29, 0.717) is 6.54 Å². The van der Waals surface area contributed by atoms with Crippen molar-refractivity contribution in [1.29, 1.82) is 0 Å². The third kappa shape index (κ3) is 2.50. The Labute approximate surface area is 102 Å². The molecular formula is C14H18N2O. The van der Waals surface area contributed by atoms with Crippen molar-refractivity contribution in [2.75, 3.05) is 13.7 Å². The first-order valence-electron chi connectivity index (χ1n) is 5.70. The molecule has 2 aromatic rings. The number of benzene rings is 1. The highest BCUT2D eigenvalue weighted by Crippen LogP contribution is 2.25. The van der Waals surface area contributed by atoms with Crippen molar-refractivity contribution >= 4 is 0 Å². The van der Waals surface area contributed by atoms with E-state index in [1.807, 2.05) is 29.9 Å². The highest BCUT2D eigenvalue weighted by molar-refractivity contribution is 5.35. The van der Waals surface area contributed by atoms with Gasteiger partial charge in [-0.3, -0.25) is 0 Å². The van der Waals surface area contributed by atoms with E-state index in [4.69, 9.17) is 10.5 Å². The first kappa shape index (κ1) is 11.7. The predicted octanol–water partition coefficient (Wildman–Crippen LogP) is 2.12. The van der Waals surface area contributed by atoms with Crippen LogP contribution < -0.4 is 10.5 Å². The lowest BCUT2D eigenvalue weighted by atomic mass is 9.93. The fourth-order valence-electron chi connectivity index (χ4n) is 2.03. The highest BCUT2D eigenvalue weighted by Gasteiger charge is 2.13. The molecule has 3 nitrogen and oxygen atoms in total. The van der Waals surface area contributed by atoms with Crippen molar-refractivity contribution in [3.63, 3.8) is 0 Å². The SMILES string of the molecule is COc1ccc(C(CN)c2ccn(C)c2)cc1. The minimum Gasteiger partial charge on any atom is -0.497 e. The second-order valence-corrected chi connectivity index (χ2v) is 4.17. The second-order valence-electron chi connectivity index (χ2n) is 4.17. The molecule has 2 rings (SSSR count). The number of rotatable bonds is 4. The first-order valence-corrected chi connectivity index (χ1v) is 5.70. The van der Waals surface area contributed by atoms with Crippen LogP contribution in [0.25, 0.3) is 0 Å². The van der Waals surface area contributed by atoms with Gasteiger partial charge in [-0.2, -0.15) is 0 Å². The van der Waals surface area contributed by atoms with Crippen molar-refractivity contribution in [2.24, 2.45) is 12.8 Å². The van der Waals surface area contributed by atoms with Crippen LogP contribution in [0.1, 0.15) is 17.0 Å². The fourth-order valence-corrected chi connectivity index (χ4v) is 2.03. The zero-order chi connectivity index (χ0) is 12.3. The summed E-state index contributed by atoms with van der Waals surface area (Å²) in [5.74, 6) is 1.12. The monoisotopic (exact) mass is 230 g/mol. The number of aryl methyl sites for hydroxylation is 1. The Morgan fingerprint density at radius 1 is 1.18 bits per heavy atom. The molecule has 1 aromatic carbocycles. The number of aromatic nitrogens is 1.